The van der Waals surface area contributed by atoms with E-state index in [0.717, 1.165) is 30.7 Å². The van der Waals surface area contributed by atoms with Gasteiger partial charge in [-0.15, -0.1) is 0 Å². The summed E-state index contributed by atoms with van der Waals surface area (Å²) in [6.45, 7) is 2.85. The Bertz CT molecular complexity index is 942. The molecular formula is C23H28N3O4+. The van der Waals surface area contributed by atoms with Crippen molar-refractivity contribution in [2.45, 2.75) is 37.9 Å². The fourth-order valence-corrected chi connectivity index (χ4v) is 4.00. The van der Waals surface area contributed by atoms with E-state index >= 15 is 0 Å². The number of quaternary nitrogens is 1. The van der Waals surface area contributed by atoms with Gasteiger partial charge in [-0.1, -0.05) is 12.1 Å². The molecule has 2 atom stereocenters. The molecule has 2 N–H and O–H groups in total. The number of imide groups is 1. The lowest BCUT2D eigenvalue weighted by atomic mass is 9.92. The highest BCUT2D eigenvalue weighted by molar-refractivity contribution is 6.07. The van der Waals surface area contributed by atoms with Crippen molar-refractivity contribution in [2.24, 2.45) is 0 Å². The Morgan fingerprint density at radius 1 is 1.07 bits per heavy atom. The first kappa shape index (κ1) is 20.2. The molecular weight excluding hydrogens is 382 g/mol. The minimum Gasteiger partial charge on any atom is -0.497 e. The van der Waals surface area contributed by atoms with Crippen molar-refractivity contribution < 1.29 is 24.0 Å². The quantitative estimate of drug-likeness (QED) is 0.650. The third-order valence-corrected chi connectivity index (χ3v) is 6.03. The van der Waals surface area contributed by atoms with Crippen molar-refractivity contribution in [3.63, 3.8) is 0 Å². The minimum atomic E-state index is -1.10. The summed E-state index contributed by atoms with van der Waals surface area (Å²) in [5.41, 5.74) is 0.770. The zero-order chi connectivity index (χ0) is 21.3. The Labute approximate surface area is 176 Å². The second-order valence-corrected chi connectivity index (χ2v) is 8.14. The van der Waals surface area contributed by atoms with Gasteiger partial charge in [0.1, 0.15) is 23.6 Å². The largest absolute Gasteiger partial charge is 0.497 e. The fourth-order valence-electron chi connectivity index (χ4n) is 4.00. The van der Waals surface area contributed by atoms with Crippen LogP contribution in [0.1, 0.15) is 30.9 Å². The molecule has 2 fully saturated rings. The van der Waals surface area contributed by atoms with Crippen LogP contribution in [0.2, 0.25) is 0 Å². The highest BCUT2D eigenvalue weighted by atomic mass is 16.5. The average molecular weight is 410 g/mol. The number of carbonyl (C=O) groups excluding carboxylic acids is 2. The third-order valence-electron chi connectivity index (χ3n) is 6.03. The number of hydrogen-bond acceptors (Lipinski definition) is 4. The van der Waals surface area contributed by atoms with E-state index in [1.165, 1.54) is 9.80 Å². The van der Waals surface area contributed by atoms with E-state index in [1.54, 1.807) is 27.2 Å². The number of amides is 3. The molecule has 158 valence electrons. The maximum Gasteiger partial charge on any atom is 0.329 e. The molecule has 1 saturated carbocycles. The normalized spacial score (nSPS) is 22.0. The first-order valence-corrected chi connectivity index (χ1v) is 10.2. The van der Waals surface area contributed by atoms with E-state index < -0.39 is 5.54 Å². The van der Waals surface area contributed by atoms with E-state index in [1.807, 2.05) is 42.5 Å². The standard InChI is InChI=1S/C23H27N3O4/c1-23(17-5-4-6-20(13-17)30-3)21(27)26(22(28)24-23)15-25(18-9-10-18)14-16-7-11-19(29-2)12-8-16/h4-8,11-13,18H,9-10,14-15H2,1-3H3,(H,24,28)/p+1/t23-/m0/s1. The van der Waals surface area contributed by atoms with Crippen LogP contribution in [-0.2, 0) is 16.9 Å². The summed E-state index contributed by atoms with van der Waals surface area (Å²) in [6.07, 6.45) is 2.23. The SMILES string of the molecule is COc1ccc(C[NH+](CN2C(=O)N[C@@](C)(c3cccc(OC)c3)C2=O)C2CC2)cc1. The molecule has 30 heavy (non-hydrogen) atoms. The molecule has 3 amide bonds. The van der Waals surface area contributed by atoms with Crippen LogP contribution in [0, 0.1) is 0 Å². The Hall–Kier alpha value is -3.06. The predicted molar refractivity (Wildman–Crippen MR) is 111 cm³/mol. The zero-order valence-corrected chi connectivity index (χ0v) is 17.6. The third kappa shape index (κ3) is 3.85. The fraction of sp³-hybridized carbons (Fsp3) is 0.391. The van der Waals surface area contributed by atoms with Gasteiger partial charge < -0.3 is 19.7 Å². The number of carbonyl (C=O) groups is 2. The molecule has 2 aromatic carbocycles. The number of methoxy groups -OCH3 is 2. The van der Waals surface area contributed by atoms with E-state index in [-0.39, 0.29) is 11.9 Å². The van der Waals surface area contributed by atoms with Crippen molar-refractivity contribution in [2.75, 3.05) is 20.9 Å². The maximum atomic E-state index is 13.3. The number of hydrogen-bond donors (Lipinski definition) is 2. The van der Waals surface area contributed by atoms with Gasteiger partial charge in [0.15, 0.2) is 6.67 Å². The van der Waals surface area contributed by atoms with Gasteiger partial charge >= 0.3 is 6.03 Å². The van der Waals surface area contributed by atoms with Crippen LogP contribution in [0.5, 0.6) is 11.5 Å². The molecule has 1 saturated heterocycles. The highest BCUT2D eigenvalue weighted by Crippen LogP contribution is 2.30. The van der Waals surface area contributed by atoms with Gasteiger partial charge in [0.05, 0.1) is 20.3 Å². The lowest BCUT2D eigenvalue weighted by Gasteiger charge is -2.25. The molecule has 7 heteroatoms. The number of ether oxygens (including phenoxy) is 2. The lowest BCUT2D eigenvalue weighted by molar-refractivity contribution is -0.931. The van der Waals surface area contributed by atoms with Crippen LogP contribution >= 0.6 is 0 Å². The first-order valence-electron chi connectivity index (χ1n) is 10.2. The number of urea groups is 1. The van der Waals surface area contributed by atoms with Crippen LogP contribution < -0.4 is 19.7 Å². The smallest absolute Gasteiger partial charge is 0.329 e. The summed E-state index contributed by atoms with van der Waals surface area (Å²) in [5, 5.41) is 2.89. The van der Waals surface area contributed by atoms with Gasteiger partial charge in [0.2, 0.25) is 0 Å². The van der Waals surface area contributed by atoms with Crippen LogP contribution in [0.3, 0.4) is 0 Å². The van der Waals surface area contributed by atoms with Gasteiger partial charge in [-0.25, -0.2) is 9.69 Å². The monoisotopic (exact) mass is 410 g/mol. The van der Waals surface area contributed by atoms with Crippen molar-refractivity contribution in [3.05, 3.63) is 59.7 Å². The molecule has 0 aromatic heterocycles. The van der Waals surface area contributed by atoms with Crippen LogP contribution in [-0.4, -0.2) is 43.8 Å². The molecule has 1 unspecified atom stereocenters. The van der Waals surface area contributed by atoms with Gasteiger partial charge in [-0.3, -0.25) is 4.79 Å². The Balaban J connectivity index is 1.52. The second-order valence-electron chi connectivity index (χ2n) is 8.14. The lowest BCUT2D eigenvalue weighted by Crippen LogP contribution is -3.13. The summed E-state index contributed by atoms with van der Waals surface area (Å²) < 4.78 is 10.5. The van der Waals surface area contributed by atoms with Gasteiger partial charge in [-0.05, 0) is 48.9 Å². The van der Waals surface area contributed by atoms with Crippen molar-refractivity contribution in [1.29, 1.82) is 0 Å². The highest BCUT2D eigenvalue weighted by Gasteiger charge is 2.51. The van der Waals surface area contributed by atoms with Crippen LogP contribution in [0.15, 0.2) is 48.5 Å². The molecule has 2 aliphatic rings. The van der Waals surface area contributed by atoms with Crippen molar-refractivity contribution in [3.8, 4) is 11.5 Å². The average Bonchev–Trinajstić information content (AvgIpc) is 3.58. The second kappa shape index (κ2) is 7.99. The Morgan fingerprint density at radius 2 is 1.77 bits per heavy atom. The molecule has 1 aliphatic heterocycles. The Kier molecular flexibility index (Phi) is 5.39. The maximum absolute atomic E-state index is 13.3. The Morgan fingerprint density at radius 3 is 2.40 bits per heavy atom. The van der Waals surface area contributed by atoms with E-state index in [2.05, 4.69) is 5.32 Å². The van der Waals surface area contributed by atoms with E-state index in [9.17, 15) is 9.59 Å². The van der Waals surface area contributed by atoms with Gasteiger partial charge in [0.25, 0.3) is 5.91 Å². The summed E-state index contributed by atoms with van der Waals surface area (Å²) in [7, 11) is 3.23. The molecule has 0 spiro atoms. The van der Waals surface area contributed by atoms with Gasteiger partial charge in [-0.2, -0.15) is 0 Å². The number of benzene rings is 2. The van der Waals surface area contributed by atoms with Crippen LogP contribution in [0.25, 0.3) is 0 Å². The molecule has 0 radical (unpaired) electrons. The summed E-state index contributed by atoms with van der Waals surface area (Å²) in [6, 6.07) is 15.3. The van der Waals surface area contributed by atoms with Crippen LogP contribution in [0.4, 0.5) is 4.79 Å². The van der Waals surface area contributed by atoms with Crippen molar-refractivity contribution in [1.82, 2.24) is 10.2 Å². The van der Waals surface area contributed by atoms with E-state index in [4.69, 9.17) is 9.47 Å². The van der Waals surface area contributed by atoms with Gasteiger partial charge in [0, 0.05) is 18.4 Å². The van der Waals surface area contributed by atoms with E-state index in [0.29, 0.717) is 24.0 Å². The zero-order valence-electron chi connectivity index (χ0n) is 17.6. The first-order chi connectivity index (χ1) is 14.4. The summed E-state index contributed by atoms with van der Waals surface area (Å²) >= 11 is 0. The molecule has 0 bridgehead atoms. The van der Waals surface area contributed by atoms with Crippen molar-refractivity contribution >= 4 is 11.9 Å². The number of nitrogens with one attached hydrogen (secondary N) is 2. The molecule has 2 aromatic rings. The molecule has 7 nitrogen and oxygen atoms in total. The summed E-state index contributed by atoms with van der Waals surface area (Å²) in [5.74, 6) is 1.24. The minimum absolute atomic E-state index is 0.228. The number of nitrogens with zero attached hydrogens (tertiary/aromatic N) is 1. The predicted octanol–water partition coefficient (Wildman–Crippen LogP) is 1.68. The topological polar surface area (TPSA) is 72.3 Å². The molecule has 1 heterocycles. The summed E-state index contributed by atoms with van der Waals surface area (Å²) in [4.78, 5) is 28.7. The molecule has 4 rings (SSSR count). The number of rotatable bonds is 8. The molecule has 1 aliphatic carbocycles.